The number of piperidine rings is 1. The molecule has 3 aromatic rings. The fraction of sp³-hybridized carbons (Fsp3) is 0.350. The number of nitrogens with zero attached hydrogens (tertiary/aromatic N) is 3. The van der Waals surface area contributed by atoms with E-state index >= 15 is 0 Å². The minimum atomic E-state index is -0.785. The number of fused-ring (bicyclic) bond motifs is 1. The van der Waals surface area contributed by atoms with Gasteiger partial charge in [-0.15, -0.1) is 0 Å². The first-order valence-electron chi connectivity index (χ1n) is 9.26. The van der Waals surface area contributed by atoms with Crippen molar-refractivity contribution in [1.82, 2.24) is 20.3 Å². The predicted octanol–water partition coefficient (Wildman–Crippen LogP) is 2.17. The number of amides is 1. The average Bonchev–Trinajstić information content (AvgIpc) is 3.17. The van der Waals surface area contributed by atoms with E-state index in [1.807, 2.05) is 42.6 Å². The average molecular weight is 365 g/mol. The lowest BCUT2D eigenvalue weighted by Crippen LogP contribution is -2.48. The van der Waals surface area contributed by atoms with Crippen LogP contribution in [0.5, 0.6) is 0 Å². The molecule has 2 aromatic heterocycles. The van der Waals surface area contributed by atoms with Gasteiger partial charge in [-0.3, -0.25) is 4.79 Å². The van der Waals surface area contributed by atoms with Crippen LogP contribution in [0.15, 0.2) is 48.9 Å². The molecule has 0 bridgehead atoms. The number of aromatic amines is 1. The van der Waals surface area contributed by atoms with Gasteiger partial charge in [0.1, 0.15) is 17.8 Å². The van der Waals surface area contributed by atoms with Crippen LogP contribution >= 0.6 is 0 Å². The summed E-state index contributed by atoms with van der Waals surface area (Å²) >= 11 is 0. The Hall–Kier alpha value is -2.93. The van der Waals surface area contributed by atoms with Crippen LogP contribution < -0.4 is 10.2 Å². The van der Waals surface area contributed by atoms with Crippen LogP contribution in [0, 0.1) is 0 Å². The second kappa shape index (κ2) is 7.75. The molecule has 1 amide bonds. The topological polar surface area (TPSA) is 94.1 Å². The highest BCUT2D eigenvalue weighted by Gasteiger charge is 2.24. The molecule has 0 saturated carbocycles. The first kappa shape index (κ1) is 17.5. The summed E-state index contributed by atoms with van der Waals surface area (Å²) in [6, 6.07) is 11.3. The largest absolute Gasteiger partial charge is 0.388 e. The molecular formula is C20H23N5O2. The molecular weight excluding hydrogens is 342 g/mol. The van der Waals surface area contributed by atoms with Crippen LogP contribution in [-0.4, -0.2) is 45.1 Å². The third kappa shape index (κ3) is 3.93. The highest BCUT2D eigenvalue weighted by Crippen LogP contribution is 2.25. The Morgan fingerprint density at radius 1 is 1.30 bits per heavy atom. The normalized spacial score (nSPS) is 18.4. The van der Waals surface area contributed by atoms with Gasteiger partial charge in [-0.2, -0.15) is 0 Å². The number of carbonyl (C=O) groups excluding carboxylic acids is 1. The summed E-state index contributed by atoms with van der Waals surface area (Å²) in [5.41, 5.74) is 1.57. The summed E-state index contributed by atoms with van der Waals surface area (Å²) in [4.78, 5) is 26.4. The van der Waals surface area contributed by atoms with Crippen molar-refractivity contribution in [2.24, 2.45) is 0 Å². The first-order chi connectivity index (χ1) is 13.2. The number of aliphatic hydroxyl groups is 1. The highest BCUT2D eigenvalue weighted by atomic mass is 16.3. The van der Waals surface area contributed by atoms with Crippen molar-refractivity contribution in [2.45, 2.75) is 31.4 Å². The van der Waals surface area contributed by atoms with Gasteiger partial charge in [0.25, 0.3) is 0 Å². The van der Waals surface area contributed by atoms with Crippen LogP contribution in [0.25, 0.3) is 11.0 Å². The molecule has 3 N–H and O–H groups in total. The molecule has 3 heterocycles. The van der Waals surface area contributed by atoms with Crippen molar-refractivity contribution < 1.29 is 9.90 Å². The van der Waals surface area contributed by atoms with Gasteiger partial charge in [0.2, 0.25) is 5.91 Å². The van der Waals surface area contributed by atoms with Crippen molar-refractivity contribution in [3.8, 4) is 0 Å². The second-order valence-corrected chi connectivity index (χ2v) is 6.92. The zero-order valence-corrected chi connectivity index (χ0v) is 15.0. The van der Waals surface area contributed by atoms with Crippen LogP contribution in [0.1, 0.15) is 30.9 Å². The summed E-state index contributed by atoms with van der Waals surface area (Å²) in [5, 5.41) is 14.3. The molecule has 7 heteroatoms. The molecule has 1 aromatic carbocycles. The summed E-state index contributed by atoms with van der Waals surface area (Å²) in [5.74, 6) is 0.761. The number of benzene rings is 1. The molecule has 27 heavy (non-hydrogen) atoms. The Morgan fingerprint density at radius 3 is 3.00 bits per heavy atom. The van der Waals surface area contributed by atoms with E-state index in [-0.39, 0.29) is 18.4 Å². The van der Waals surface area contributed by atoms with Crippen molar-refractivity contribution in [3.63, 3.8) is 0 Å². The Bertz CT molecular complexity index is 911. The highest BCUT2D eigenvalue weighted by molar-refractivity contribution is 5.87. The molecule has 0 aliphatic carbocycles. The smallest absolute Gasteiger partial charge is 0.223 e. The zero-order valence-electron chi connectivity index (χ0n) is 15.0. The van der Waals surface area contributed by atoms with E-state index in [9.17, 15) is 9.90 Å². The number of anilines is 1. The molecule has 140 valence electrons. The SMILES string of the molecule is O=C(C[C@H](O)c1ccccc1)NC1CCCN(c2ncnc3[nH]ccc23)C1. The van der Waals surface area contributed by atoms with E-state index in [1.165, 1.54) is 0 Å². The fourth-order valence-electron chi connectivity index (χ4n) is 3.65. The van der Waals surface area contributed by atoms with Gasteiger partial charge in [-0.05, 0) is 24.5 Å². The van der Waals surface area contributed by atoms with Crippen molar-refractivity contribution >= 4 is 22.8 Å². The van der Waals surface area contributed by atoms with E-state index in [0.717, 1.165) is 41.8 Å². The van der Waals surface area contributed by atoms with Gasteiger partial charge in [0, 0.05) is 25.3 Å². The lowest BCUT2D eigenvalue weighted by molar-refractivity contribution is -0.123. The standard InChI is InChI=1S/C20H23N5O2/c26-17(14-5-2-1-3-6-14)11-18(27)24-15-7-4-10-25(12-15)20-16-8-9-21-19(16)22-13-23-20/h1-3,5-6,8-9,13,15,17,26H,4,7,10-12H2,(H,24,27)(H,21,22,23)/t15?,17-/m0/s1. The summed E-state index contributed by atoms with van der Waals surface area (Å²) in [7, 11) is 0. The summed E-state index contributed by atoms with van der Waals surface area (Å²) in [6.07, 6.45) is 4.60. The molecule has 2 atom stereocenters. The Kier molecular flexibility index (Phi) is 5.02. The van der Waals surface area contributed by atoms with Crippen LogP contribution in [-0.2, 0) is 4.79 Å². The molecule has 0 radical (unpaired) electrons. The molecule has 1 unspecified atom stereocenters. The third-order valence-corrected chi connectivity index (χ3v) is 4.98. The van der Waals surface area contributed by atoms with Crippen LogP contribution in [0.4, 0.5) is 5.82 Å². The summed E-state index contributed by atoms with van der Waals surface area (Å²) < 4.78 is 0. The number of rotatable bonds is 5. The number of hydrogen-bond donors (Lipinski definition) is 3. The molecule has 1 saturated heterocycles. The minimum absolute atomic E-state index is 0.0400. The molecule has 1 aliphatic heterocycles. The maximum Gasteiger partial charge on any atom is 0.223 e. The Morgan fingerprint density at radius 2 is 2.15 bits per heavy atom. The number of hydrogen-bond acceptors (Lipinski definition) is 5. The van der Waals surface area contributed by atoms with E-state index in [2.05, 4.69) is 25.2 Å². The van der Waals surface area contributed by atoms with E-state index in [4.69, 9.17) is 0 Å². The number of H-pyrrole nitrogens is 1. The van der Waals surface area contributed by atoms with Gasteiger partial charge in [0.15, 0.2) is 0 Å². The third-order valence-electron chi connectivity index (χ3n) is 4.98. The van der Waals surface area contributed by atoms with Gasteiger partial charge < -0.3 is 20.3 Å². The second-order valence-electron chi connectivity index (χ2n) is 6.92. The van der Waals surface area contributed by atoms with Gasteiger partial charge in [0.05, 0.1) is 17.9 Å². The monoisotopic (exact) mass is 365 g/mol. The van der Waals surface area contributed by atoms with Crippen molar-refractivity contribution in [1.29, 1.82) is 0 Å². The van der Waals surface area contributed by atoms with Crippen LogP contribution in [0.3, 0.4) is 0 Å². The number of aliphatic hydroxyl groups excluding tert-OH is 1. The van der Waals surface area contributed by atoms with Gasteiger partial charge in [-0.25, -0.2) is 9.97 Å². The quantitative estimate of drug-likeness (QED) is 0.644. The maximum absolute atomic E-state index is 12.4. The molecule has 1 fully saturated rings. The number of nitrogens with one attached hydrogen (secondary N) is 2. The van der Waals surface area contributed by atoms with E-state index in [0.29, 0.717) is 6.54 Å². The van der Waals surface area contributed by atoms with Crippen molar-refractivity contribution in [2.75, 3.05) is 18.0 Å². The maximum atomic E-state index is 12.4. The van der Waals surface area contributed by atoms with Crippen molar-refractivity contribution in [3.05, 3.63) is 54.5 Å². The van der Waals surface area contributed by atoms with E-state index in [1.54, 1.807) is 6.33 Å². The predicted molar refractivity (Wildman–Crippen MR) is 103 cm³/mol. The molecule has 4 rings (SSSR count). The molecule has 1 aliphatic rings. The number of aromatic nitrogens is 3. The lowest BCUT2D eigenvalue weighted by Gasteiger charge is -2.34. The van der Waals surface area contributed by atoms with Crippen LogP contribution in [0.2, 0.25) is 0 Å². The lowest BCUT2D eigenvalue weighted by atomic mass is 10.0. The molecule has 0 spiro atoms. The zero-order chi connectivity index (χ0) is 18.6. The van der Waals surface area contributed by atoms with Gasteiger partial charge in [-0.1, -0.05) is 30.3 Å². The number of carbonyl (C=O) groups is 1. The summed E-state index contributed by atoms with van der Waals surface area (Å²) in [6.45, 7) is 1.60. The Labute approximate surface area is 157 Å². The minimum Gasteiger partial charge on any atom is -0.388 e. The Balaban J connectivity index is 1.38. The van der Waals surface area contributed by atoms with Gasteiger partial charge >= 0.3 is 0 Å². The fourth-order valence-corrected chi connectivity index (χ4v) is 3.65. The van der Waals surface area contributed by atoms with E-state index < -0.39 is 6.10 Å². The first-order valence-corrected chi connectivity index (χ1v) is 9.26. The molecule has 7 nitrogen and oxygen atoms in total.